The van der Waals surface area contributed by atoms with Crippen molar-refractivity contribution in [1.29, 1.82) is 0 Å². The maximum absolute atomic E-state index is 12.9. The zero-order valence-corrected chi connectivity index (χ0v) is 13.1. The quantitative estimate of drug-likeness (QED) is 0.909. The number of urea groups is 1. The van der Waals surface area contributed by atoms with Gasteiger partial charge in [0.1, 0.15) is 6.04 Å². The molecule has 118 valence electrons. The van der Waals surface area contributed by atoms with Gasteiger partial charge in [0.25, 0.3) is 0 Å². The van der Waals surface area contributed by atoms with Crippen LogP contribution < -0.4 is 5.73 Å². The lowest BCUT2D eigenvalue weighted by molar-refractivity contribution is -0.136. The van der Waals surface area contributed by atoms with Crippen LogP contribution in [0.25, 0.3) is 0 Å². The molecule has 0 aliphatic carbocycles. The van der Waals surface area contributed by atoms with Crippen molar-refractivity contribution in [2.24, 2.45) is 5.73 Å². The molecule has 2 aliphatic heterocycles. The molecule has 2 fully saturated rings. The van der Waals surface area contributed by atoms with Gasteiger partial charge in [-0.05, 0) is 43.4 Å². The number of benzene rings is 1. The number of hydrogen-bond donors (Lipinski definition) is 1. The van der Waals surface area contributed by atoms with E-state index in [0.717, 1.165) is 31.4 Å². The van der Waals surface area contributed by atoms with E-state index in [0.29, 0.717) is 18.0 Å². The highest BCUT2D eigenvalue weighted by molar-refractivity contribution is 6.30. The summed E-state index contributed by atoms with van der Waals surface area (Å²) in [4.78, 5) is 27.7. The van der Waals surface area contributed by atoms with Crippen LogP contribution in [0.4, 0.5) is 4.79 Å². The summed E-state index contributed by atoms with van der Waals surface area (Å²) in [7, 11) is 0. The third-order valence-corrected chi connectivity index (χ3v) is 4.83. The molecule has 2 saturated heterocycles. The Kier molecular flexibility index (Phi) is 4.25. The van der Waals surface area contributed by atoms with Crippen molar-refractivity contribution in [3.63, 3.8) is 0 Å². The highest BCUT2D eigenvalue weighted by atomic mass is 35.5. The average Bonchev–Trinajstić information content (AvgIpc) is 3.15. The molecule has 2 aliphatic rings. The van der Waals surface area contributed by atoms with Gasteiger partial charge in [0.15, 0.2) is 0 Å². The van der Waals surface area contributed by atoms with Gasteiger partial charge < -0.3 is 15.5 Å². The first-order valence-corrected chi connectivity index (χ1v) is 8.08. The zero-order chi connectivity index (χ0) is 15.7. The van der Waals surface area contributed by atoms with E-state index in [1.54, 1.807) is 0 Å². The predicted molar refractivity (Wildman–Crippen MR) is 84.5 cm³/mol. The van der Waals surface area contributed by atoms with Crippen LogP contribution in [0.3, 0.4) is 0 Å². The van der Waals surface area contributed by atoms with Crippen molar-refractivity contribution < 1.29 is 9.59 Å². The Hall–Kier alpha value is -1.75. The molecule has 0 aromatic heterocycles. The normalized spacial score (nSPS) is 24.8. The largest absolute Gasteiger partial charge is 0.351 e. The summed E-state index contributed by atoms with van der Waals surface area (Å²) in [5.74, 6) is 0.0128. The number of amides is 3. The highest BCUT2D eigenvalue weighted by Gasteiger charge is 2.39. The molecule has 0 bridgehead atoms. The van der Waals surface area contributed by atoms with Crippen LogP contribution in [0, 0.1) is 0 Å². The van der Waals surface area contributed by atoms with E-state index in [9.17, 15) is 9.59 Å². The van der Waals surface area contributed by atoms with Crippen LogP contribution in [0.5, 0.6) is 0 Å². The minimum absolute atomic E-state index is 0.0128. The summed E-state index contributed by atoms with van der Waals surface area (Å²) in [6, 6.07) is 6.79. The fraction of sp³-hybridized carbons (Fsp3) is 0.500. The standard InChI is InChI=1S/C16H20ClN3O2/c17-12-5-1-4-11(10-12)13-6-2-8-19(13)15(21)14-7-3-9-20(14)16(18)22/h1,4-5,10,13-14H,2-3,6-9H2,(H2,18,22)/t13?,14-/m0/s1. The lowest BCUT2D eigenvalue weighted by Crippen LogP contribution is -2.49. The molecule has 0 radical (unpaired) electrons. The zero-order valence-electron chi connectivity index (χ0n) is 12.4. The van der Waals surface area contributed by atoms with E-state index in [4.69, 9.17) is 17.3 Å². The van der Waals surface area contributed by atoms with Gasteiger partial charge in [0.2, 0.25) is 5.91 Å². The van der Waals surface area contributed by atoms with Crippen molar-refractivity contribution in [3.8, 4) is 0 Å². The van der Waals surface area contributed by atoms with Gasteiger partial charge in [-0.1, -0.05) is 23.7 Å². The number of nitrogens with zero attached hydrogens (tertiary/aromatic N) is 2. The van der Waals surface area contributed by atoms with Gasteiger partial charge in [0, 0.05) is 18.1 Å². The molecule has 3 amide bonds. The van der Waals surface area contributed by atoms with E-state index >= 15 is 0 Å². The summed E-state index contributed by atoms with van der Waals surface area (Å²) in [6.07, 6.45) is 3.41. The number of carbonyl (C=O) groups excluding carboxylic acids is 2. The molecule has 2 N–H and O–H groups in total. The molecule has 6 heteroatoms. The van der Waals surface area contributed by atoms with Gasteiger partial charge in [-0.25, -0.2) is 4.79 Å². The van der Waals surface area contributed by atoms with Crippen molar-refractivity contribution in [2.45, 2.75) is 37.8 Å². The predicted octanol–water partition coefficient (Wildman–Crippen LogP) is 2.55. The Labute approximate surface area is 135 Å². The molecule has 1 aromatic carbocycles. The second-order valence-corrected chi connectivity index (χ2v) is 6.37. The highest BCUT2D eigenvalue weighted by Crippen LogP contribution is 2.35. The van der Waals surface area contributed by atoms with Gasteiger partial charge in [-0.15, -0.1) is 0 Å². The number of carbonyl (C=O) groups is 2. The Morgan fingerprint density at radius 3 is 2.59 bits per heavy atom. The number of likely N-dealkylation sites (tertiary alicyclic amines) is 2. The van der Waals surface area contributed by atoms with E-state index < -0.39 is 12.1 Å². The first-order chi connectivity index (χ1) is 10.6. The van der Waals surface area contributed by atoms with Crippen molar-refractivity contribution in [3.05, 3.63) is 34.9 Å². The van der Waals surface area contributed by atoms with E-state index in [2.05, 4.69) is 0 Å². The fourth-order valence-electron chi connectivity index (χ4n) is 3.57. The molecule has 2 atom stereocenters. The van der Waals surface area contributed by atoms with Crippen molar-refractivity contribution >= 4 is 23.5 Å². The molecular weight excluding hydrogens is 302 g/mol. The number of hydrogen-bond acceptors (Lipinski definition) is 2. The summed E-state index contributed by atoms with van der Waals surface area (Å²) in [6.45, 7) is 1.29. The lowest BCUT2D eigenvalue weighted by atomic mass is 10.0. The molecule has 2 heterocycles. The first kappa shape index (κ1) is 15.2. The first-order valence-electron chi connectivity index (χ1n) is 7.70. The Morgan fingerprint density at radius 2 is 1.86 bits per heavy atom. The molecule has 5 nitrogen and oxygen atoms in total. The Balaban J connectivity index is 1.81. The molecule has 0 spiro atoms. The Morgan fingerprint density at radius 1 is 1.14 bits per heavy atom. The third-order valence-electron chi connectivity index (χ3n) is 4.59. The van der Waals surface area contributed by atoms with Crippen LogP contribution in [0.15, 0.2) is 24.3 Å². The summed E-state index contributed by atoms with van der Waals surface area (Å²) in [5.41, 5.74) is 6.45. The number of rotatable bonds is 2. The van der Waals surface area contributed by atoms with Crippen molar-refractivity contribution in [2.75, 3.05) is 13.1 Å². The molecular formula is C16H20ClN3O2. The van der Waals surface area contributed by atoms with Crippen LogP contribution >= 0.6 is 11.6 Å². The van der Waals surface area contributed by atoms with Crippen LogP contribution in [0.1, 0.15) is 37.3 Å². The second kappa shape index (κ2) is 6.16. The smallest absolute Gasteiger partial charge is 0.315 e. The van der Waals surface area contributed by atoms with Gasteiger partial charge in [-0.2, -0.15) is 0 Å². The van der Waals surface area contributed by atoms with E-state index in [1.807, 2.05) is 29.2 Å². The van der Waals surface area contributed by atoms with E-state index in [-0.39, 0.29) is 11.9 Å². The lowest BCUT2D eigenvalue weighted by Gasteiger charge is -2.31. The third kappa shape index (κ3) is 2.77. The van der Waals surface area contributed by atoms with Crippen molar-refractivity contribution in [1.82, 2.24) is 9.80 Å². The maximum atomic E-state index is 12.9. The minimum Gasteiger partial charge on any atom is -0.351 e. The summed E-state index contributed by atoms with van der Waals surface area (Å²) in [5, 5.41) is 0.677. The monoisotopic (exact) mass is 321 g/mol. The fourth-order valence-corrected chi connectivity index (χ4v) is 3.77. The Bertz CT molecular complexity index is 593. The van der Waals surface area contributed by atoms with Crippen LogP contribution in [0.2, 0.25) is 5.02 Å². The second-order valence-electron chi connectivity index (χ2n) is 5.93. The number of nitrogens with two attached hydrogens (primary N) is 1. The maximum Gasteiger partial charge on any atom is 0.315 e. The summed E-state index contributed by atoms with van der Waals surface area (Å²) >= 11 is 6.07. The van der Waals surface area contributed by atoms with Gasteiger partial charge in [-0.3, -0.25) is 4.79 Å². The number of primary amides is 1. The molecule has 22 heavy (non-hydrogen) atoms. The SMILES string of the molecule is NC(=O)N1CCC[C@H]1C(=O)N1CCCC1c1cccc(Cl)c1. The van der Waals surface area contributed by atoms with Gasteiger partial charge in [0.05, 0.1) is 6.04 Å². The van der Waals surface area contributed by atoms with Crippen LogP contribution in [-0.2, 0) is 4.79 Å². The minimum atomic E-state index is -0.505. The molecule has 3 rings (SSSR count). The van der Waals surface area contributed by atoms with Crippen LogP contribution in [-0.4, -0.2) is 40.9 Å². The topological polar surface area (TPSA) is 66.6 Å². The number of halogens is 1. The van der Waals surface area contributed by atoms with E-state index in [1.165, 1.54) is 4.90 Å². The molecule has 0 saturated carbocycles. The summed E-state index contributed by atoms with van der Waals surface area (Å²) < 4.78 is 0. The van der Waals surface area contributed by atoms with Gasteiger partial charge >= 0.3 is 6.03 Å². The molecule has 1 aromatic rings. The average molecular weight is 322 g/mol. The molecule has 1 unspecified atom stereocenters.